The molecule has 2 N–H and O–H groups in total. The van der Waals surface area contributed by atoms with Crippen molar-refractivity contribution in [3.05, 3.63) is 23.7 Å². The van der Waals surface area contributed by atoms with Gasteiger partial charge in [-0.2, -0.15) is 0 Å². The van der Waals surface area contributed by atoms with Gasteiger partial charge in [-0.3, -0.25) is 0 Å². The second kappa shape index (κ2) is 3.31. The standard InChI is InChI=1S/C10H17NO/c1-8-5-7-12-9(8)4-6-10(2,3)11/h5,7H,4,6,11H2,1-3H3. The molecular formula is C10H17NO. The molecule has 12 heavy (non-hydrogen) atoms. The molecule has 0 aliphatic carbocycles. The molecule has 0 fully saturated rings. The Morgan fingerprint density at radius 1 is 1.50 bits per heavy atom. The lowest BCUT2D eigenvalue weighted by Gasteiger charge is -2.17. The molecule has 0 radical (unpaired) electrons. The van der Waals surface area contributed by atoms with Gasteiger partial charge < -0.3 is 10.2 Å². The van der Waals surface area contributed by atoms with E-state index in [0.29, 0.717) is 0 Å². The van der Waals surface area contributed by atoms with E-state index in [1.165, 1.54) is 5.56 Å². The molecule has 1 aromatic heterocycles. The molecule has 68 valence electrons. The van der Waals surface area contributed by atoms with Crippen LogP contribution in [0, 0.1) is 6.92 Å². The van der Waals surface area contributed by atoms with E-state index in [2.05, 4.69) is 6.92 Å². The van der Waals surface area contributed by atoms with Gasteiger partial charge in [-0.25, -0.2) is 0 Å². The zero-order valence-electron chi connectivity index (χ0n) is 8.05. The van der Waals surface area contributed by atoms with Crippen molar-refractivity contribution in [2.75, 3.05) is 0 Å². The number of nitrogens with two attached hydrogens (primary N) is 1. The van der Waals surface area contributed by atoms with Crippen molar-refractivity contribution in [1.82, 2.24) is 0 Å². The summed E-state index contributed by atoms with van der Waals surface area (Å²) in [5.74, 6) is 1.06. The molecule has 0 aliphatic rings. The Hall–Kier alpha value is -0.760. The highest BCUT2D eigenvalue weighted by atomic mass is 16.3. The first-order valence-corrected chi connectivity index (χ1v) is 4.31. The van der Waals surface area contributed by atoms with Crippen molar-refractivity contribution in [3.63, 3.8) is 0 Å². The minimum atomic E-state index is -0.0980. The van der Waals surface area contributed by atoms with Crippen LogP contribution in [0.5, 0.6) is 0 Å². The highest BCUT2D eigenvalue weighted by Crippen LogP contribution is 2.14. The third kappa shape index (κ3) is 2.70. The smallest absolute Gasteiger partial charge is 0.106 e. The number of hydrogen-bond acceptors (Lipinski definition) is 2. The molecule has 0 saturated heterocycles. The molecule has 1 heterocycles. The molecule has 0 unspecified atom stereocenters. The van der Waals surface area contributed by atoms with E-state index in [1.807, 2.05) is 19.9 Å². The maximum atomic E-state index is 5.86. The first-order chi connectivity index (χ1) is 5.49. The summed E-state index contributed by atoms with van der Waals surface area (Å²) < 4.78 is 5.30. The lowest BCUT2D eigenvalue weighted by atomic mass is 9.98. The second-order valence-electron chi connectivity index (χ2n) is 4.02. The fourth-order valence-corrected chi connectivity index (χ4v) is 1.10. The van der Waals surface area contributed by atoms with Gasteiger partial charge in [0.25, 0.3) is 0 Å². The predicted octanol–water partition coefficient (Wildman–Crippen LogP) is 2.26. The Kier molecular flexibility index (Phi) is 2.58. The Labute approximate surface area is 73.8 Å². The maximum absolute atomic E-state index is 5.86. The molecular weight excluding hydrogens is 150 g/mol. The predicted molar refractivity (Wildman–Crippen MR) is 50.0 cm³/mol. The van der Waals surface area contributed by atoms with Crippen LogP contribution in [-0.4, -0.2) is 5.54 Å². The molecule has 1 aromatic rings. The maximum Gasteiger partial charge on any atom is 0.106 e. The van der Waals surface area contributed by atoms with Gasteiger partial charge in [-0.1, -0.05) is 0 Å². The van der Waals surface area contributed by atoms with E-state index in [0.717, 1.165) is 18.6 Å². The van der Waals surface area contributed by atoms with Gasteiger partial charge in [0.2, 0.25) is 0 Å². The van der Waals surface area contributed by atoms with Crippen molar-refractivity contribution in [3.8, 4) is 0 Å². The lowest BCUT2D eigenvalue weighted by molar-refractivity contribution is 0.431. The summed E-state index contributed by atoms with van der Waals surface area (Å²) in [6.45, 7) is 6.12. The van der Waals surface area contributed by atoms with Gasteiger partial charge in [0, 0.05) is 12.0 Å². The molecule has 1 rings (SSSR count). The van der Waals surface area contributed by atoms with Crippen LogP contribution in [0.1, 0.15) is 31.6 Å². The summed E-state index contributed by atoms with van der Waals surface area (Å²) in [6.07, 6.45) is 3.62. The van der Waals surface area contributed by atoms with Crippen LogP contribution in [0.15, 0.2) is 16.7 Å². The van der Waals surface area contributed by atoms with Crippen LogP contribution >= 0.6 is 0 Å². The molecule has 0 atom stereocenters. The van der Waals surface area contributed by atoms with Gasteiger partial charge in [0.1, 0.15) is 5.76 Å². The first kappa shape index (κ1) is 9.33. The summed E-state index contributed by atoms with van der Waals surface area (Å²) >= 11 is 0. The molecule has 0 saturated carbocycles. The topological polar surface area (TPSA) is 39.2 Å². The average Bonchev–Trinajstić information content (AvgIpc) is 2.29. The van der Waals surface area contributed by atoms with Crippen LogP contribution in [0.25, 0.3) is 0 Å². The lowest BCUT2D eigenvalue weighted by Crippen LogP contribution is -2.32. The molecule has 2 nitrogen and oxygen atoms in total. The van der Waals surface area contributed by atoms with E-state index >= 15 is 0 Å². The van der Waals surface area contributed by atoms with Crippen molar-refractivity contribution in [1.29, 1.82) is 0 Å². The SMILES string of the molecule is Cc1ccoc1CCC(C)(C)N. The monoisotopic (exact) mass is 167 g/mol. The zero-order chi connectivity index (χ0) is 9.19. The molecule has 0 aromatic carbocycles. The van der Waals surface area contributed by atoms with E-state index in [1.54, 1.807) is 6.26 Å². The van der Waals surface area contributed by atoms with Crippen LogP contribution in [-0.2, 0) is 6.42 Å². The van der Waals surface area contributed by atoms with Gasteiger partial charge in [-0.05, 0) is 38.8 Å². The molecule has 2 heteroatoms. The minimum absolute atomic E-state index is 0.0980. The van der Waals surface area contributed by atoms with Crippen molar-refractivity contribution >= 4 is 0 Å². The van der Waals surface area contributed by atoms with Gasteiger partial charge in [0.15, 0.2) is 0 Å². The van der Waals surface area contributed by atoms with Gasteiger partial charge >= 0.3 is 0 Å². The van der Waals surface area contributed by atoms with Gasteiger partial charge in [-0.15, -0.1) is 0 Å². The summed E-state index contributed by atoms with van der Waals surface area (Å²) in [5, 5.41) is 0. The van der Waals surface area contributed by atoms with E-state index in [9.17, 15) is 0 Å². The van der Waals surface area contributed by atoms with E-state index in [4.69, 9.17) is 10.2 Å². The summed E-state index contributed by atoms with van der Waals surface area (Å²) in [4.78, 5) is 0. The third-order valence-corrected chi connectivity index (χ3v) is 1.96. The fourth-order valence-electron chi connectivity index (χ4n) is 1.10. The minimum Gasteiger partial charge on any atom is -0.469 e. The normalized spacial score (nSPS) is 12.0. The molecule has 0 aliphatic heterocycles. The second-order valence-corrected chi connectivity index (χ2v) is 4.02. The number of rotatable bonds is 3. The largest absolute Gasteiger partial charge is 0.469 e. The Morgan fingerprint density at radius 2 is 2.17 bits per heavy atom. The van der Waals surface area contributed by atoms with E-state index in [-0.39, 0.29) is 5.54 Å². The molecule has 0 amide bonds. The van der Waals surface area contributed by atoms with Gasteiger partial charge in [0.05, 0.1) is 6.26 Å². The van der Waals surface area contributed by atoms with Crippen molar-refractivity contribution in [2.45, 2.75) is 39.2 Å². The van der Waals surface area contributed by atoms with Crippen LogP contribution in [0.3, 0.4) is 0 Å². The van der Waals surface area contributed by atoms with Crippen molar-refractivity contribution < 1.29 is 4.42 Å². The Balaban J connectivity index is 2.49. The molecule has 0 spiro atoms. The number of aryl methyl sites for hydroxylation is 2. The van der Waals surface area contributed by atoms with Crippen LogP contribution < -0.4 is 5.73 Å². The third-order valence-electron chi connectivity index (χ3n) is 1.96. The highest BCUT2D eigenvalue weighted by molar-refractivity contribution is 5.14. The Bertz CT molecular complexity index is 245. The highest BCUT2D eigenvalue weighted by Gasteiger charge is 2.12. The fraction of sp³-hybridized carbons (Fsp3) is 0.600. The average molecular weight is 167 g/mol. The molecule has 0 bridgehead atoms. The number of furan rings is 1. The number of hydrogen-bond donors (Lipinski definition) is 1. The Morgan fingerprint density at radius 3 is 2.58 bits per heavy atom. The van der Waals surface area contributed by atoms with Crippen LogP contribution in [0.2, 0.25) is 0 Å². The summed E-state index contributed by atoms with van der Waals surface area (Å²) in [6, 6.07) is 1.98. The zero-order valence-corrected chi connectivity index (χ0v) is 8.05. The summed E-state index contributed by atoms with van der Waals surface area (Å²) in [7, 11) is 0. The van der Waals surface area contributed by atoms with E-state index < -0.39 is 0 Å². The summed E-state index contributed by atoms with van der Waals surface area (Å²) in [5.41, 5.74) is 6.98. The quantitative estimate of drug-likeness (QED) is 0.750. The van der Waals surface area contributed by atoms with Crippen molar-refractivity contribution in [2.24, 2.45) is 5.73 Å². The first-order valence-electron chi connectivity index (χ1n) is 4.31. The van der Waals surface area contributed by atoms with Crippen LogP contribution in [0.4, 0.5) is 0 Å².